The van der Waals surface area contributed by atoms with Gasteiger partial charge in [0.25, 0.3) is 0 Å². The smallest absolute Gasteiger partial charge is 0.307 e. The summed E-state index contributed by atoms with van der Waals surface area (Å²) in [6.07, 6.45) is 0. The van der Waals surface area contributed by atoms with E-state index in [-0.39, 0.29) is 11.5 Å². The lowest BCUT2D eigenvalue weighted by atomic mass is 10.2. The van der Waals surface area contributed by atoms with Gasteiger partial charge in [0.15, 0.2) is 9.84 Å². The summed E-state index contributed by atoms with van der Waals surface area (Å²) in [5.41, 5.74) is 0. The highest BCUT2D eigenvalue weighted by Crippen LogP contribution is 2.04. The van der Waals surface area contributed by atoms with Crippen LogP contribution in [0.2, 0.25) is 0 Å². The number of carboxylic acid groups (broad SMARTS) is 1. The van der Waals surface area contributed by atoms with E-state index in [9.17, 15) is 13.2 Å². The fourth-order valence-electron chi connectivity index (χ4n) is 1.63. The predicted octanol–water partition coefficient (Wildman–Crippen LogP) is -0.546. The van der Waals surface area contributed by atoms with Crippen LogP contribution < -0.4 is 0 Å². The minimum absolute atomic E-state index is 0.0185. The van der Waals surface area contributed by atoms with Crippen molar-refractivity contribution in [2.24, 2.45) is 5.92 Å². The van der Waals surface area contributed by atoms with Crippen molar-refractivity contribution in [3.8, 4) is 0 Å². The lowest BCUT2D eigenvalue weighted by molar-refractivity contribution is -0.140. The molecule has 7 heteroatoms. The van der Waals surface area contributed by atoms with Gasteiger partial charge >= 0.3 is 5.97 Å². The lowest BCUT2D eigenvalue weighted by Gasteiger charge is -2.26. The van der Waals surface area contributed by atoms with Crippen LogP contribution in [0.1, 0.15) is 6.92 Å². The Morgan fingerprint density at radius 3 is 2.53 bits per heavy atom. The van der Waals surface area contributed by atoms with Gasteiger partial charge in [-0.2, -0.15) is 0 Å². The molecule has 1 heterocycles. The molecule has 0 aliphatic carbocycles. The van der Waals surface area contributed by atoms with Crippen LogP contribution in [0.15, 0.2) is 0 Å². The molecule has 100 valence electrons. The van der Waals surface area contributed by atoms with Crippen molar-refractivity contribution < 1.29 is 23.1 Å². The Hall–Kier alpha value is -0.660. The van der Waals surface area contributed by atoms with Crippen LogP contribution >= 0.6 is 0 Å². The monoisotopic (exact) mass is 265 g/mol. The van der Waals surface area contributed by atoms with E-state index in [0.717, 1.165) is 13.1 Å². The first-order valence-electron chi connectivity index (χ1n) is 5.64. The number of sulfone groups is 1. The van der Waals surface area contributed by atoms with E-state index in [2.05, 4.69) is 0 Å². The van der Waals surface area contributed by atoms with Gasteiger partial charge in [0, 0.05) is 19.6 Å². The van der Waals surface area contributed by atoms with Gasteiger partial charge in [-0.1, -0.05) is 6.92 Å². The number of carboxylic acids is 1. The van der Waals surface area contributed by atoms with Crippen molar-refractivity contribution >= 4 is 15.8 Å². The average Bonchev–Trinajstić information content (AvgIpc) is 2.27. The predicted molar refractivity (Wildman–Crippen MR) is 62.7 cm³/mol. The minimum Gasteiger partial charge on any atom is -0.481 e. The average molecular weight is 265 g/mol. The van der Waals surface area contributed by atoms with Crippen molar-refractivity contribution in [3.63, 3.8) is 0 Å². The van der Waals surface area contributed by atoms with Crippen molar-refractivity contribution in [3.05, 3.63) is 0 Å². The topological polar surface area (TPSA) is 83.9 Å². The highest BCUT2D eigenvalue weighted by atomic mass is 32.2. The van der Waals surface area contributed by atoms with Gasteiger partial charge in [0.2, 0.25) is 0 Å². The Morgan fingerprint density at radius 2 is 2.00 bits per heavy atom. The van der Waals surface area contributed by atoms with Gasteiger partial charge in [0.1, 0.15) is 0 Å². The van der Waals surface area contributed by atoms with E-state index in [4.69, 9.17) is 9.84 Å². The Bertz CT molecular complexity index is 348. The molecule has 0 saturated carbocycles. The summed E-state index contributed by atoms with van der Waals surface area (Å²) in [6, 6.07) is 0. The molecule has 0 amide bonds. The van der Waals surface area contributed by atoms with Gasteiger partial charge in [-0.15, -0.1) is 0 Å². The fraction of sp³-hybridized carbons (Fsp3) is 0.900. The van der Waals surface area contributed by atoms with E-state index < -0.39 is 21.7 Å². The van der Waals surface area contributed by atoms with Crippen LogP contribution in [-0.4, -0.2) is 68.7 Å². The fourth-order valence-corrected chi connectivity index (χ4v) is 3.24. The summed E-state index contributed by atoms with van der Waals surface area (Å²) in [7, 11) is -3.29. The SMILES string of the molecule is CC(CS(=O)(=O)CCN1CCOCC1)C(=O)O. The first kappa shape index (κ1) is 14.4. The summed E-state index contributed by atoms with van der Waals surface area (Å²) in [4.78, 5) is 12.6. The maximum atomic E-state index is 11.7. The molecule has 1 unspecified atom stereocenters. The van der Waals surface area contributed by atoms with Crippen LogP contribution in [-0.2, 0) is 19.4 Å². The Morgan fingerprint density at radius 1 is 1.41 bits per heavy atom. The molecule has 0 aromatic carbocycles. The third-order valence-electron chi connectivity index (χ3n) is 2.75. The number of morpholine rings is 1. The zero-order valence-electron chi connectivity index (χ0n) is 9.96. The zero-order chi connectivity index (χ0) is 12.9. The van der Waals surface area contributed by atoms with Crippen LogP contribution in [0.25, 0.3) is 0 Å². The number of ether oxygens (including phenoxy) is 1. The van der Waals surface area contributed by atoms with Gasteiger partial charge in [-0.25, -0.2) is 8.42 Å². The van der Waals surface area contributed by atoms with E-state index in [1.165, 1.54) is 6.92 Å². The molecule has 1 atom stereocenters. The summed E-state index contributed by atoms with van der Waals surface area (Å²) < 4.78 is 28.5. The molecule has 0 aromatic rings. The Labute approximate surface area is 101 Å². The molecule has 0 aromatic heterocycles. The van der Waals surface area contributed by atoms with Gasteiger partial charge in [-0.3, -0.25) is 9.69 Å². The largest absolute Gasteiger partial charge is 0.481 e. The minimum atomic E-state index is -3.29. The van der Waals surface area contributed by atoms with Gasteiger partial charge in [-0.05, 0) is 0 Å². The molecule has 0 radical (unpaired) electrons. The summed E-state index contributed by atoms with van der Waals surface area (Å²) in [5, 5.41) is 8.67. The highest BCUT2D eigenvalue weighted by Gasteiger charge is 2.22. The van der Waals surface area contributed by atoms with Crippen LogP contribution in [0.5, 0.6) is 0 Å². The second-order valence-corrected chi connectivity index (χ2v) is 6.54. The normalized spacial score (nSPS) is 20.1. The maximum Gasteiger partial charge on any atom is 0.307 e. The molecule has 1 fully saturated rings. The number of rotatable bonds is 6. The molecule has 1 rings (SSSR count). The molecule has 1 saturated heterocycles. The lowest BCUT2D eigenvalue weighted by Crippen LogP contribution is -2.39. The second kappa shape index (κ2) is 6.32. The first-order valence-corrected chi connectivity index (χ1v) is 7.46. The first-order chi connectivity index (χ1) is 7.91. The quantitative estimate of drug-likeness (QED) is 0.694. The number of nitrogens with zero attached hydrogens (tertiary/aromatic N) is 1. The zero-order valence-corrected chi connectivity index (χ0v) is 10.8. The molecule has 0 bridgehead atoms. The van der Waals surface area contributed by atoms with Crippen molar-refractivity contribution in [2.45, 2.75) is 6.92 Å². The van der Waals surface area contributed by atoms with Crippen molar-refractivity contribution in [2.75, 3.05) is 44.4 Å². The van der Waals surface area contributed by atoms with Crippen molar-refractivity contribution in [1.29, 1.82) is 0 Å². The van der Waals surface area contributed by atoms with Crippen LogP contribution in [0.4, 0.5) is 0 Å². The number of carbonyl (C=O) groups is 1. The standard InChI is InChI=1S/C10H19NO5S/c1-9(10(12)13)8-17(14,15)7-4-11-2-5-16-6-3-11/h9H,2-8H2,1H3,(H,12,13). The molecule has 1 N–H and O–H groups in total. The number of hydrogen-bond donors (Lipinski definition) is 1. The van der Waals surface area contributed by atoms with Crippen LogP contribution in [0.3, 0.4) is 0 Å². The second-order valence-electron chi connectivity index (χ2n) is 4.31. The number of hydrogen-bond acceptors (Lipinski definition) is 5. The molecular weight excluding hydrogens is 246 g/mol. The van der Waals surface area contributed by atoms with E-state index in [0.29, 0.717) is 19.8 Å². The Balaban J connectivity index is 2.35. The molecule has 6 nitrogen and oxygen atoms in total. The van der Waals surface area contributed by atoms with Gasteiger partial charge < -0.3 is 9.84 Å². The summed E-state index contributed by atoms with van der Waals surface area (Å²) >= 11 is 0. The summed E-state index contributed by atoms with van der Waals surface area (Å²) in [5.74, 6) is -2.18. The van der Waals surface area contributed by atoms with E-state index >= 15 is 0 Å². The highest BCUT2D eigenvalue weighted by molar-refractivity contribution is 7.91. The van der Waals surface area contributed by atoms with Gasteiger partial charge in [0.05, 0.1) is 30.6 Å². The summed E-state index contributed by atoms with van der Waals surface area (Å²) in [6.45, 7) is 4.61. The molecule has 1 aliphatic heterocycles. The van der Waals surface area contributed by atoms with Crippen LogP contribution in [0, 0.1) is 5.92 Å². The Kier molecular flexibility index (Phi) is 5.35. The van der Waals surface area contributed by atoms with E-state index in [1.54, 1.807) is 0 Å². The molecule has 0 spiro atoms. The third-order valence-corrected chi connectivity index (χ3v) is 4.56. The van der Waals surface area contributed by atoms with E-state index in [1.807, 2.05) is 4.90 Å². The van der Waals surface area contributed by atoms with Crippen molar-refractivity contribution in [1.82, 2.24) is 4.90 Å². The maximum absolute atomic E-state index is 11.7. The number of aliphatic carboxylic acids is 1. The third kappa shape index (κ3) is 5.47. The molecule has 17 heavy (non-hydrogen) atoms. The molecular formula is C10H19NO5S. The molecule has 1 aliphatic rings.